The van der Waals surface area contributed by atoms with Crippen LogP contribution in [0.3, 0.4) is 0 Å². The predicted molar refractivity (Wildman–Crippen MR) is 25.8 cm³/mol. The van der Waals surface area contributed by atoms with Crippen LogP contribution in [0.5, 0.6) is 0 Å². The van der Waals surface area contributed by atoms with Crippen molar-refractivity contribution < 1.29 is 31.9 Å². The van der Waals surface area contributed by atoms with Crippen LogP contribution >= 0.6 is 0 Å². The molecule has 0 heterocycles. The Balaban J connectivity index is 0. The van der Waals surface area contributed by atoms with E-state index in [4.69, 9.17) is 5.11 Å². The van der Waals surface area contributed by atoms with Crippen molar-refractivity contribution in [2.75, 3.05) is 0 Å². The number of hydrogen-bond donors (Lipinski definition) is 1. The van der Waals surface area contributed by atoms with E-state index in [9.17, 15) is 26.7 Å². The fourth-order valence-electron chi connectivity index (χ4n) is 0.121. The second kappa shape index (κ2) is 3.41. The Labute approximate surface area is 69.6 Å². The molecule has 0 radical (unpaired) electrons. The summed E-state index contributed by atoms with van der Waals surface area (Å²) in [6.07, 6.45) is -6.02. The normalized spacial score (nSPS) is 12.1. The Hall–Kier alpha value is -0.283. The van der Waals surface area contributed by atoms with Gasteiger partial charge in [-0.05, 0) is 0 Å². The van der Waals surface area contributed by atoms with E-state index >= 15 is 0 Å². The van der Waals surface area contributed by atoms with Crippen LogP contribution in [0.25, 0.3) is 0 Å². The summed E-state index contributed by atoms with van der Waals surface area (Å²) in [5.74, 6) is -8.84. The van der Waals surface area contributed by atoms with Gasteiger partial charge in [0, 0.05) is 0 Å². The minimum atomic E-state index is -6.02. The minimum absolute atomic E-state index is 0. The van der Waals surface area contributed by atoms with Crippen molar-refractivity contribution in [1.82, 2.24) is 0 Å². The number of hydrogen-bond acceptors (Lipinski definition) is 1. The van der Waals surface area contributed by atoms with Gasteiger partial charge in [-0.1, -0.05) is 0 Å². The summed E-state index contributed by atoms with van der Waals surface area (Å²) in [6, 6.07) is 0. The Kier molecular flexibility index (Phi) is 4.13. The van der Waals surface area contributed by atoms with Gasteiger partial charge in [0.1, 0.15) is 0 Å². The monoisotopic (exact) mass is 172 g/mol. The topological polar surface area (TPSA) is 37.3 Å². The molecule has 0 aromatic heterocycles. The van der Waals surface area contributed by atoms with E-state index in [1.807, 2.05) is 0 Å². The van der Waals surface area contributed by atoms with E-state index in [1.54, 1.807) is 0 Å². The molecule has 0 saturated heterocycles. The number of carboxylic acids is 1. The van der Waals surface area contributed by atoms with Crippen molar-refractivity contribution in [3.63, 3.8) is 0 Å². The second-order valence-electron chi connectivity index (χ2n) is 1.38. The van der Waals surface area contributed by atoms with Crippen LogP contribution < -0.4 is 0 Å². The molecule has 0 saturated carbocycles. The molecule has 0 fully saturated rings. The Bertz CT molecular complexity index is 152. The third-order valence-electron chi connectivity index (χ3n) is 0.625. The molecule has 0 aromatic carbocycles. The van der Waals surface area contributed by atoms with Crippen molar-refractivity contribution in [2.24, 2.45) is 0 Å². The van der Waals surface area contributed by atoms with Crippen LogP contribution in [0.2, 0.25) is 0 Å². The zero-order valence-corrected chi connectivity index (χ0v) is 4.25. The summed E-state index contributed by atoms with van der Waals surface area (Å²) in [5.41, 5.74) is 0. The maximum absolute atomic E-state index is 11.3. The van der Waals surface area contributed by atoms with Crippen molar-refractivity contribution in [1.29, 1.82) is 0 Å². The second-order valence-corrected chi connectivity index (χ2v) is 1.38. The van der Waals surface area contributed by atoms with Crippen LogP contribution in [0.4, 0.5) is 22.0 Å². The number of carbonyl (C=O) groups is 1. The quantitative estimate of drug-likeness (QED) is 0.465. The number of halogens is 5. The molecule has 8 heteroatoms. The van der Waals surface area contributed by atoms with E-state index in [0.29, 0.717) is 0 Å². The molecule has 0 bridgehead atoms. The zero-order valence-electron chi connectivity index (χ0n) is 4.25. The molecule has 0 atom stereocenters. The van der Waals surface area contributed by atoms with Gasteiger partial charge in [0.15, 0.2) is 0 Å². The van der Waals surface area contributed by atoms with E-state index in [-0.39, 0.29) is 18.9 Å². The molecule has 0 aromatic rings. The Morgan fingerprint density at radius 1 is 1.09 bits per heavy atom. The molecule has 0 amide bonds. The number of carboxylic acid groups (broad SMARTS) is 1. The molecular weight excluding hydrogens is 170 g/mol. The van der Waals surface area contributed by atoms with Gasteiger partial charge in [-0.2, -0.15) is 22.0 Å². The summed E-state index contributed by atoms with van der Waals surface area (Å²) in [4.78, 5) is 9.20. The van der Waals surface area contributed by atoms with Gasteiger partial charge in [0.05, 0.1) is 0 Å². The summed E-state index contributed by atoms with van der Waals surface area (Å²) >= 11 is 0. The molecule has 0 rings (SSSR count). The van der Waals surface area contributed by atoms with E-state index in [2.05, 4.69) is 0 Å². The van der Waals surface area contributed by atoms with E-state index < -0.39 is 18.1 Å². The van der Waals surface area contributed by atoms with Crippen LogP contribution in [0, 0.1) is 0 Å². The average molecular weight is 172 g/mol. The van der Waals surface area contributed by atoms with Crippen LogP contribution in [0.15, 0.2) is 0 Å². The van der Waals surface area contributed by atoms with Crippen molar-refractivity contribution >= 4 is 24.8 Å². The molecule has 2 nitrogen and oxygen atoms in total. The molecule has 0 aliphatic heterocycles. The van der Waals surface area contributed by atoms with Gasteiger partial charge in [-0.3, -0.25) is 0 Å². The Morgan fingerprint density at radius 2 is 1.36 bits per heavy atom. The zero-order chi connectivity index (χ0) is 8.58. The fourth-order valence-corrected chi connectivity index (χ4v) is 0.121. The van der Waals surface area contributed by atoms with Crippen molar-refractivity contribution in [3.8, 4) is 0 Å². The molecule has 0 aliphatic rings. The van der Waals surface area contributed by atoms with Crippen LogP contribution in [-0.4, -0.2) is 42.0 Å². The third kappa shape index (κ3) is 2.67. The van der Waals surface area contributed by atoms with Crippen LogP contribution in [0.1, 0.15) is 0 Å². The molecule has 0 spiro atoms. The van der Waals surface area contributed by atoms with E-state index in [1.165, 1.54) is 0 Å². The average Bonchev–Trinajstić information content (AvgIpc) is 1.62. The molecule has 1 N–H and O–H groups in total. The van der Waals surface area contributed by atoms with Gasteiger partial charge >= 0.3 is 36.9 Å². The molecule has 0 unspecified atom stereocenters. The first-order valence-electron chi connectivity index (χ1n) is 1.87. The van der Waals surface area contributed by atoms with Gasteiger partial charge in [-0.25, -0.2) is 4.79 Å². The van der Waals surface area contributed by atoms with Gasteiger partial charge in [0.2, 0.25) is 0 Å². The van der Waals surface area contributed by atoms with Gasteiger partial charge < -0.3 is 5.11 Å². The fraction of sp³-hybridized carbons (Fsp3) is 0.667. The standard InChI is InChI=1S/C3HF5O2.Li.H/c4-2(5,1(9)10)3(6,7)8;;/h(H,9,10);;. The van der Waals surface area contributed by atoms with Crippen LogP contribution in [-0.2, 0) is 4.79 Å². The third-order valence-corrected chi connectivity index (χ3v) is 0.625. The first-order chi connectivity index (χ1) is 4.19. The van der Waals surface area contributed by atoms with Gasteiger partial charge in [-0.15, -0.1) is 0 Å². The first-order valence-corrected chi connectivity index (χ1v) is 1.87. The first kappa shape index (κ1) is 13.3. The maximum atomic E-state index is 11.3. The molecular formula is C3H2F5LiO2. The Morgan fingerprint density at radius 3 is 1.36 bits per heavy atom. The number of rotatable bonds is 1. The van der Waals surface area contributed by atoms with E-state index in [0.717, 1.165) is 0 Å². The summed E-state index contributed by atoms with van der Waals surface area (Å²) < 4.78 is 55.5. The summed E-state index contributed by atoms with van der Waals surface area (Å²) in [6.45, 7) is 0. The predicted octanol–water partition coefficient (Wildman–Crippen LogP) is 0.620. The molecule has 0 aliphatic carbocycles. The van der Waals surface area contributed by atoms with Gasteiger partial charge in [0.25, 0.3) is 0 Å². The summed E-state index contributed by atoms with van der Waals surface area (Å²) in [7, 11) is 0. The van der Waals surface area contributed by atoms with Crippen molar-refractivity contribution in [3.05, 3.63) is 0 Å². The number of aliphatic carboxylic acids is 1. The van der Waals surface area contributed by atoms with Crippen molar-refractivity contribution in [2.45, 2.75) is 12.1 Å². The molecule has 62 valence electrons. The molecule has 11 heavy (non-hydrogen) atoms. The number of alkyl halides is 5. The SMILES string of the molecule is O=C(O)C(F)(F)C(F)(F)F.[LiH]. The summed E-state index contributed by atoms with van der Waals surface area (Å²) in [5, 5.41) is 7.31.